The number of pyridine rings is 1. The molecule has 8 nitrogen and oxygen atoms in total. The van der Waals surface area contributed by atoms with Crippen LogP contribution in [0, 0.1) is 6.92 Å². The lowest BCUT2D eigenvalue weighted by molar-refractivity contribution is 0.403. The van der Waals surface area contributed by atoms with Crippen molar-refractivity contribution < 1.29 is 21.4 Å². The second kappa shape index (κ2) is 10.4. The molecule has 0 amide bonds. The molecule has 0 N–H and O–H groups in total. The number of aromatic nitrogens is 3. The first-order valence-electron chi connectivity index (χ1n) is 12.4. The van der Waals surface area contributed by atoms with Crippen LogP contribution in [0.3, 0.4) is 0 Å². The molecule has 0 fully saturated rings. The number of hydrogen-bond acceptors (Lipinski definition) is 8. The Kier molecular flexibility index (Phi) is 7.16. The first-order chi connectivity index (χ1) is 18.9. The van der Waals surface area contributed by atoms with E-state index >= 15 is 0 Å². The summed E-state index contributed by atoms with van der Waals surface area (Å²) in [7, 11) is -6.66. The molecule has 10 heteroatoms. The average molecular weight is 574 g/mol. The highest BCUT2D eigenvalue weighted by Gasteiger charge is 2.20. The van der Waals surface area contributed by atoms with E-state index in [1.165, 1.54) is 6.26 Å². The van der Waals surface area contributed by atoms with Crippen molar-refractivity contribution in [2.45, 2.75) is 24.0 Å². The van der Waals surface area contributed by atoms with Gasteiger partial charge in [-0.3, -0.25) is 4.98 Å². The third kappa shape index (κ3) is 5.73. The molecule has 0 radical (unpaired) electrons. The Morgan fingerprint density at radius 3 is 2.33 bits per heavy atom. The lowest BCUT2D eigenvalue weighted by Crippen LogP contribution is -2.08. The van der Waals surface area contributed by atoms with Crippen molar-refractivity contribution >= 4 is 42.2 Å². The average Bonchev–Trinajstić information content (AvgIpc) is 3.35. The number of aryl methyl sites for hydroxylation is 1. The van der Waals surface area contributed by atoms with Gasteiger partial charge in [-0.2, -0.15) is 4.98 Å². The van der Waals surface area contributed by atoms with Crippen LogP contribution in [0.4, 0.5) is 0 Å². The van der Waals surface area contributed by atoms with Crippen LogP contribution in [-0.4, -0.2) is 44.5 Å². The molecular formula is C30H27N3O5S2. The fourth-order valence-corrected chi connectivity index (χ4v) is 5.70. The highest BCUT2D eigenvalue weighted by Crippen LogP contribution is 2.34. The van der Waals surface area contributed by atoms with Crippen LogP contribution in [0.2, 0.25) is 0 Å². The molecule has 0 spiro atoms. The monoisotopic (exact) mass is 573 g/mol. The molecule has 5 aromatic rings. The third-order valence-electron chi connectivity index (χ3n) is 6.70. The largest absolute Gasteiger partial charge is 0.334 e. The molecule has 2 aromatic heterocycles. The van der Waals surface area contributed by atoms with E-state index in [4.69, 9.17) is 4.52 Å². The van der Waals surface area contributed by atoms with Crippen molar-refractivity contribution in [3.8, 4) is 11.1 Å². The van der Waals surface area contributed by atoms with E-state index in [2.05, 4.69) is 15.1 Å². The molecule has 3 aromatic carbocycles. The van der Waals surface area contributed by atoms with Crippen LogP contribution in [0.1, 0.15) is 40.6 Å². The van der Waals surface area contributed by atoms with Gasteiger partial charge in [0.2, 0.25) is 0 Å². The van der Waals surface area contributed by atoms with Crippen molar-refractivity contribution in [1.82, 2.24) is 15.1 Å². The zero-order chi connectivity index (χ0) is 28.7. The Labute approximate surface area is 233 Å². The Morgan fingerprint density at radius 1 is 0.925 bits per heavy atom. The number of sulfone groups is 2. The lowest BCUT2D eigenvalue weighted by atomic mass is 9.95. The summed E-state index contributed by atoms with van der Waals surface area (Å²) in [5.74, 6) is 0.767. The van der Waals surface area contributed by atoms with Crippen molar-refractivity contribution in [2.24, 2.45) is 0 Å². The first kappa shape index (κ1) is 27.4. The predicted octanol–water partition coefficient (Wildman–Crippen LogP) is 5.69. The fourth-order valence-electron chi connectivity index (χ4n) is 4.44. The smallest absolute Gasteiger partial charge is 0.258 e. The molecule has 2 heterocycles. The Morgan fingerprint density at radius 2 is 1.68 bits per heavy atom. The van der Waals surface area contributed by atoms with Crippen molar-refractivity contribution in [2.75, 3.05) is 12.5 Å². The molecule has 0 aliphatic rings. The molecule has 0 saturated carbocycles. The fraction of sp³-hybridized carbons (Fsp3) is 0.167. The lowest BCUT2D eigenvalue weighted by Gasteiger charge is -2.15. The van der Waals surface area contributed by atoms with Gasteiger partial charge < -0.3 is 4.52 Å². The maximum absolute atomic E-state index is 12.4. The molecule has 0 aliphatic carbocycles. The normalized spacial score (nSPS) is 13.4. The second-order valence-electron chi connectivity index (χ2n) is 9.74. The third-order valence-corrected chi connectivity index (χ3v) is 9.38. The van der Waals surface area contributed by atoms with Crippen LogP contribution in [0.15, 0.2) is 88.4 Å². The molecule has 1 atom stereocenters. The Balaban J connectivity index is 1.66. The van der Waals surface area contributed by atoms with Gasteiger partial charge in [0.25, 0.3) is 5.89 Å². The summed E-state index contributed by atoms with van der Waals surface area (Å²) in [6, 6.07) is 21.8. The number of benzene rings is 3. The minimum Gasteiger partial charge on any atom is -0.334 e. The van der Waals surface area contributed by atoms with E-state index in [1.54, 1.807) is 44.3 Å². The van der Waals surface area contributed by atoms with E-state index in [9.17, 15) is 16.8 Å². The number of rotatable bonds is 7. The van der Waals surface area contributed by atoms with E-state index < -0.39 is 24.9 Å². The van der Waals surface area contributed by atoms with Gasteiger partial charge in [0, 0.05) is 35.2 Å². The summed E-state index contributed by atoms with van der Waals surface area (Å²) < 4.78 is 54.1. The summed E-state index contributed by atoms with van der Waals surface area (Å²) in [5.41, 5.74) is 5.27. The molecule has 0 saturated heterocycles. The van der Waals surface area contributed by atoms with Crippen LogP contribution in [-0.2, 0) is 19.7 Å². The molecule has 204 valence electrons. The summed E-state index contributed by atoms with van der Waals surface area (Å²) in [4.78, 5) is 9.20. The molecule has 1 unspecified atom stereocenters. The van der Waals surface area contributed by atoms with Gasteiger partial charge >= 0.3 is 0 Å². The van der Waals surface area contributed by atoms with Crippen molar-refractivity contribution in [3.05, 3.63) is 107 Å². The predicted molar refractivity (Wildman–Crippen MR) is 156 cm³/mol. The van der Waals surface area contributed by atoms with Crippen LogP contribution < -0.4 is 0 Å². The quantitative estimate of drug-likeness (QED) is 0.228. The van der Waals surface area contributed by atoms with Crippen LogP contribution in [0.5, 0.6) is 0 Å². The molecule has 0 aliphatic heterocycles. The first-order valence-corrected chi connectivity index (χ1v) is 16.3. The zero-order valence-corrected chi connectivity index (χ0v) is 24.0. The SMILES string of the molecule is Cc1noc(C(=Cc2cccc(-c3cc(C(C)S(C)(=O)=O)cc4cccnc34)c2)c2ccc(S(C)(=O)=O)cc2)n1. The van der Waals surface area contributed by atoms with Gasteiger partial charge in [0.15, 0.2) is 25.5 Å². The minimum atomic E-state index is -3.35. The molecular weight excluding hydrogens is 546 g/mol. The van der Waals surface area contributed by atoms with Gasteiger partial charge in [-0.05, 0) is 78.6 Å². The topological polar surface area (TPSA) is 120 Å². The molecule has 0 bridgehead atoms. The molecule has 40 heavy (non-hydrogen) atoms. The van der Waals surface area contributed by atoms with Gasteiger partial charge in [0.05, 0.1) is 15.7 Å². The minimum absolute atomic E-state index is 0.210. The van der Waals surface area contributed by atoms with Crippen LogP contribution in [0.25, 0.3) is 33.7 Å². The maximum Gasteiger partial charge on any atom is 0.258 e. The Bertz CT molecular complexity index is 1980. The zero-order valence-electron chi connectivity index (χ0n) is 22.4. The van der Waals surface area contributed by atoms with Gasteiger partial charge in [0.1, 0.15) is 0 Å². The second-order valence-corrected chi connectivity index (χ2v) is 14.1. The van der Waals surface area contributed by atoms with Gasteiger partial charge in [-0.25, -0.2) is 16.8 Å². The highest BCUT2D eigenvalue weighted by molar-refractivity contribution is 7.91. The van der Waals surface area contributed by atoms with E-state index in [-0.39, 0.29) is 4.90 Å². The van der Waals surface area contributed by atoms with Gasteiger partial charge in [-0.15, -0.1) is 0 Å². The van der Waals surface area contributed by atoms with Crippen molar-refractivity contribution in [3.63, 3.8) is 0 Å². The van der Waals surface area contributed by atoms with Crippen LogP contribution >= 0.6 is 0 Å². The summed E-state index contributed by atoms with van der Waals surface area (Å²) in [5, 5.41) is 4.09. The maximum atomic E-state index is 12.4. The van der Waals surface area contributed by atoms with Crippen molar-refractivity contribution in [1.29, 1.82) is 0 Å². The van der Waals surface area contributed by atoms with Gasteiger partial charge in [-0.1, -0.05) is 41.6 Å². The Hall–Kier alpha value is -4.15. The summed E-state index contributed by atoms with van der Waals surface area (Å²) in [6.45, 7) is 3.41. The highest BCUT2D eigenvalue weighted by atomic mass is 32.2. The number of hydrogen-bond donors (Lipinski definition) is 0. The van der Waals surface area contributed by atoms with E-state index in [1.807, 2.05) is 54.6 Å². The standard InChI is InChI=1S/C30H27N3O5S2/c1-19(39(3,34)35)25-17-24-9-6-14-31-29(24)27(18-25)23-8-5-7-21(15-23)16-28(30-32-20(2)33-38-30)22-10-12-26(13-11-22)40(4,36)37/h5-19H,1-4H3. The number of nitrogens with zero attached hydrogens (tertiary/aromatic N) is 3. The molecule has 5 rings (SSSR count). The number of fused-ring (bicyclic) bond motifs is 1. The summed E-state index contributed by atoms with van der Waals surface area (Å²) >= 11 is 0. The summed E-state index contributed by atoms with van der Waals surface area (Å²) in [6.07, 6.45) is 6.01. The van der Waals surface area contributed by atoms with E-state index in [0.29, 0.717) is 28.4 Å². The van der Waals surface area contributed by atoms with E-state index in [0.717, 1.165) is 33.8 Å².